The van der Waals surface area contributed by atoms with E-state index in [1.54, 1.807) is 11.3 Å². The predicted molar refractivity (Wildman–Crippen MR) is 92.1 cm³/mol. The van der Waals surface area contributed by atoms with Gasteiger partial charge in [-0.05, 0) is 23.4 Å². The van der Waals surface area contributed by atoms with Gasteiger partial charge in [0.05, 0.1) is 6.10 Å². The minimum absolute atomic E-state index is 0.303. The molecule has 0 aliphatic carbocycles. The van der Waals surface area contributed by atoms with Crippen LogP contribution in [0.4, 0.5) is 0 Å². The first kappa shape index (κ1) is 15.7. The first-order valence-electron chi connectivity index (χ1n) is 8.01. The van der Waals surface area contributed by atoms with E-state index >= 15 is 0 Å². The maximum Gasteiger partial charge on any atom is 0.0894 e. The van der Waals surface area contributed by atoms with E-state index in [0.29, 0.717) is 0 Å². The van der Waals surface area contributed by atoms with Crippen LogP contribution in [0, 0.1) is 0 Å². The van der Waals surface area contributed by atoms with Crippen LogP contribution >= 0.6 is 11.3 Å². The molecule has 0 saturated carbocycles. The minimum atomic E-state index is -0.303. The first-order valence-corrected chi connectivity index (χ1v) is 8.89. The van der Waals surface area contributed by atoms with Crippen LogP contribution in [0.1, 0.15) is 23.0 Å². The van der Waals surface area contributed by atoms with Crippen molar-refractivity contribution >= 4 is 11.3 Å². The Kier molecular flexibility index (Phi) is 5.62. The van der Waals surface area contributed by atoms with Crippen molar-refractivity contribution in [3.63, 3.8) is 0 Å². The van der Waals surface area contributed by atoms with Crippen molar-refractivity contribution in [2.75, 3.05) is 32.7 Å². The molecule has 2 heterocycles. The molecule has 3 nitrogen and oxygen atoms in total. The third kappa shape index (κ3) is 4.40. The van der Waals surface area contributed by atoms with E-state index in [0.717, 1.165) is 50.6 Å². The van der Waals surface area contributed by atoms with Crippen molar-refractivity contribution in [2.24, 2.45) is 0 Å². The van der Waals surface area contributed by atoms with Crippen molar-refractivity contribution < 1.29 is 5.11 Å². The van der Waals surface area contributed by atoms with Gasteiger partial charge in [-0.2, -0.15) is 0 Å². The second kappa shape index (κ2) is 7.88. The monoisotopic (exact) mass is 316 g/mol. The fourth-order valence-corrected chi connectivity index (χ4v) is 3.69. The highest BCUT2D eigenvalue weighted by Gasteiger charge is 2.18. The summed E-state index contributed by atoms with van der Waals surface area (Å²) in [6, 6.07) is 14.7. The lowest BCUT2D eigenvalue weighted by Gasteiger charge is -2.35. The van der Waals surface area contributed by atoms with E-state index in [2.05, 4.69) is 40.1 Å². The summed E-state index contributed by atoms with van der Waals surface area (Å²) in [5.41, 5.74) is 1.39. The zero-order valence-electron chi connectivity index (χ0n) is 12.9. The van der Waals surface area contributed by atoms with Crippen molar-refractivity contribution in [3.05, 3.63) is 58.3 Å². The lowest BCUT2D eigenvalue weighted by Crippen LogP contribution is -2.46. The fourth-order valence-electron chi connectivity index (χ4n) is 2.94. The number of hydrogen-bond acceptors (Lipinski definition) is 4. The van der Waals surface area contributed by atoms with Crippen LogP contribution in [0.3, 0.4) is 0 Å². The molecule has 0 radical (unpaired) electrons. The number of rotatable bonds is 6. The highest BCUT2D eigenvalue weighted by Crippen LogP contribution is 2.22. The molecule has 4 heteroatoms. The molecule has 0 spiro atoms. The van der Waals surface area contributed by atoms with Gasteiger partial charge < -0.3 is 10.0 Å². The molecule has 1 aromatic carbocycles. The Balaban J connectivity index is 1.38. The normalized spacial score (nSPS) is 18.4. The molecule has 1 fully saturated rings. The first-order chi connectivity index (χ1) is 10.8. The molecule has 1 N–H and O–H groups in total. The van der Waals surface area contributed by atoms with Gasteiger partial charge in [-0.3, -0.25) is 4.90 Å². The average molecular weight is 316 g/mol. The van der Waals surface area contributed by atoms with Gasteiger partial charge >= 0.3 is 0 Å². The Morgan fingerprint density at radius 3 is 2.36 bits per heavy atom. The summed E-state index contributed by atoms with van der Waals surface area (Å²) in [5, 5.41) is 12.2. The summed E-state index contributed by atoms with van der Waals surface area (Å²) in [4.78, 5) is 6.07. The molecular formula is C18H24N2OS. The number of benzene rings is 1. The van der Waals surface area contributed by atoms with Gasteiger partial charge in [0.1, 0.15) is 0 Å². The van der Waals surface area contributed by atoms with E-state index in [4.69, 9.17) is 0 Å². The number of aliphatic hydroxyl groups excluding tert-OH is 1. The SMILES string of the molecule is OC(CCN1CCN(Cc2ccccc2)CC1)c1cccs1. The van der Waals surface area contributed by atoms with Crippen molar-refractivity contribution in [3.8, 4) is 0 Å². The molecule has 2 aromatic rings. The van der Waals surface area contributed by atoms with E-state index in [1.165, 1.54) is 5.56 Å². The Bertz CT molecular complexity index is 535. The van der Waals surface area contributed by atoms with Crippen molar-refractivity contribution in [2.45, 2.75) is 19.1 Å². The van der Waals surface area contributed by atoms with Gasteiger partial charge in [0.2, 0.25) is 0 Å². The van der Waals surface area contributed by atoms with Crippen molar-refractivity contribution in [1.29, 1.82) is 0 Å². The lowest BCUT2D eigenvalue weighted by atomic mass is 10.1. The molecule has 1 saturated heterocycles. The number of hydrogen-bond donors (Lipinski definition) is 1. The number of aliphatic hydroxyl groups is 1. The third-order valence-electron chi connectivity index (χ3n) is 4.30. The summed E-state index contributed by atoms with van der Waals surface area (Å²) in [5.74, 6) is 0. The fraction of sp³-hybridized carbons (Fsp3) is 0.444. The number of nitrogens with zero attached hydrogens (tertiary/aromatic N) is 2. The largest absolute Gasteiger partial charge is 0.388 e. The lowest BCUT2D eigenvalue weighted by molar-refractivity contribution is 0.100. The molecule has 1 unspecified atom stereocenters. The molecule has 118 valence electrons. The summed E-state index contributed by atoms with van der Waals surface area (Å²) >= 11 is 1.64. The van der Waals surface area contributed by atoms with Crippen LogP contribution in [0.2, 0.25) is 0 Å². The summed E-state index contributed by atoms with van der Waals surface area (Å²) < 4.78 is 0. The Morgan fingerprint density at radius 1 is 0.955 bits per heavy atom. The smallest absolute Gasteiger partial charge is 0.0894 e. The quantitative estimate of drug-likeness (QED) is 0.887. The Hall–Kier alpha value is -1.20. The molecule has 0 amide bonds. The van der Waals surface area contributed by atoms with E-state index in [1.807, 2.05) is 17.5 Å². The predicted octanol–water partition coefficient (Wildman–Crippen LogP) is 2.99. The average Bonchev–Trinajstić information content (AvgIpc) is 3.09. The third-order valence-corrected chi connectivity index (χ3v) is 5.28. The second-order valence-electron chi connectivity index (χ2n) is 5.92. The van der Waals surface area contributed by atoms with Crippen molar-refractivity contribution in [1.82, 2.24) is 9.80 Å². The maximum atomic E-state index is 10.2. The van der Waals surface area contributed by atoms with Gasteiger partial charge in [-0.15, -0.1) is 11.3 Å². The highest BCUT2D eigenvalue weighted by atomic mass is 32.1. The van der Waals surface area contributed by atoms with Crippen LogP contribution in [-0.2, 0) is 6.54 Å². The van der Waals surface area contributed by atoms with E-state index in [9.17, 15) is 5.11 Å². The molecule has 1 atom stereocenters. The second-order valence-corrected chi connectivity index (χ2v) is 6.90. The molecule has 22 heavy (non-hydrogen) atoms. The van der Waals surface area contributed by atoms with Gasteiger partial charge in [0.25, 0.3) is 0 Å². The standard InChI is InChI=1S/C18H24N2OS/c21-17(18-7-4-14-22-18)8-9-19-10-12-20(13-11-19)15-16-5-2-1-3-6-16/h1-7,14,17,21H,8-13,15H2. The van der Waals surface area contributed by atoms with Crippen LogP contribution in [-0.4, -0.2) is 47.6 Å². The van der Waals surface area contributed by atoms with E-state index < -0.39 is 0 Å². The molecule has 0 bridgehead atoms. The Morgan fingerprint density at radius 2 is 1.68 bits per heavy atom. The van der Waals surface area contributed by atoms with Crippen LogP contribution in [0.5, 0.6) is 0 Å². The molecule has 3 rings (SSSR count). The molecular weight excluding hydrogens is 292 g/mol. The number of piperazine rings is 1. The summed E-state index contributed by atoms with van der Waals surface area (Å²) in [6.45, 7) is 6.46. The number of thiophene rings is 1. The topological polar surface area (TPSA) is 26.7 Å². The van der Waals surface area contributed by atoms with Crippen LogP contribution in [0.25, 0.3) is 0 Å². The molecule has 1 aliphatic rings. The molecule has 1 aliphatic heterocycles. The minimum Gasteiger partial charge on any atom is -0.388 e. The zero-order chi connectivity index (χ0) is 15.2. The highest BCUT2D eigenvalue weighted by molar-refractivity contribution is 7.10. The van der Waals surface area contributed by atoms with E-state index in [-0.39, 0.29) is 6.10 Å². The summed E-state index contributed by atoms with van der Waals surface area (Å²) in [7, 11) is 0. The Labute approximate surface area is 136 Å². The van der Waals surface area contributed by atoms with Crippen LogP contribution in [0.15, 0.2) is 47.8 Å². The van der Waals surface area contributed by atoms with Gasteiger partial charge in [-0.25, -0.2) is 0 Å². The van der Waals surface area contributed by atoms with Gasteiger partial charge in [0.15, 0.2) is 0 Å². The van der Waals surface area contributed by atoms with Crippen LogP contribution < -0.4 is 0 Å². The van der Waals surface area contributed by atoms with Gasteiger partial charge in [0, 0.05) is 44.1 Å². The zero-order valence-corrected chi connectivity index (χ0v) is 13.7. The van der Waals surface area contributed by atoms with Gasteiger partial charge in [-0.1, -0.05) is 36.4 Å². The summed E-state index contributed by atoms with van der Waals surface area (Å²) in [6.07, 6.45) is 0.529. The molecule has 1 aromatic heterocycles. The maximum absolute atomic E-state index is 10.2.